The lowest BCUT2D eigenvalue weighted by molar-refractivity contribution is 0.307. The van der Waals surface area contributed by atoms with Gasteiger partial charge in [-0.15, -0.1) is 0 Å². The summed E-state index contributed by atoms with van der Waals surface area (Å²) in [4.78, 5) is 0. The van der Waals surface area contributed by atoms with Crippen LogP contribution in [0, 0.1) is 11.8 Å². The van der Waals surface area contributed by atoms with E-state index in [9.17, 15) is 8.78 Å². The number of halogens is 2. The highest BCUT2D eigenvalue weighted by Gasteiger charge is 2.27. The van der Waals surface area contributed by atoms with Crippen LogP contribution in [0.1, 0.15) is 26.5 Å². The molecule has 1 aromatic heterocycles. The molecule has 1 aromatic rings. The molecule has 0 spiro atoms. The molecule has 0 aromatic carbocycles. The summed E-state index contributed by atoms with van der Waals surface area (Å²) >= 11 is 0. The second kappa shape index (κ2) is 2.29. The van der Waals surface area contributed by atoms with Crippen molar-refractivity contribution in [3.05, 3.63) is 17.5 Å². The summed E-state index contributed by atoms with van der Waals surface area (Å²) in [6.45, 7) is 5.15. The molecule has 0 saturated carbocycles. The van der Waals surface area contributed by atoms with Gasteiger partial charge in [0.15, 0.2) is 5.76 Å². The van der Waals surface area contributed by atoms with Gasteiger partial charge in [0, 0.05) is 5.41 Å². The van der Waals surface area contributed by atoms with Crippen LogP contribution in [0.3, 0.4) is 0 Å². The maximum Gasteiger partial charge on any atom is 0.289 e. The summed E-state index contributed by atoms with van der Waals surface area (Å²) in [5, 5.41) is 2.87. The van der Waals surface area contributed by atoms with Crippen molar-refractivity contribution in [2.45, 2.75) is 26.2 Å². The van der Waals surface area contributed by atoms with Gasteiger partial charge in [0.1, 0.15) is 0 Å². The summed E-state index contributed by atoms with van der Waals surface area (Å²) in [5.74, 6) is -2.21. The average molecular weight is 161 g/mol. The monoisotopic (exact) mass is 161 g/mol. The Morgan fingerprint density at radius 3 is 2.00 bits per heavy atom. The molecule has 0 aliphatic heterocycles. The molecule has 0 aliphatic rings. The molecule has 2 nitrogen and oxygen atoms in total. The number of nitrogens with zero attached hydrogens (tertiary/aromatic N) is 1. The Morgan fingerprint density at radius 1 is 1.27 bits per heavy atom. The SMILES string of the molecule is CC(C)(C)c1onc(F)c1F. The summed E-state index contributed by atoms with van der Waals surface area (Å²) in [6, 6.07) is 0. The third-order valence-electron chi connectivity index (χ3n) is 1.28. The molecule has 0 N–H and O–H groups in total. The van der Waals surface area contributed by atoms with E-state index in [1.807, 2.05) is 0 Å². The van der Waals surface area contributed by atoms with Crippen molar-refractivity contribution in [1.29, 1.82) is 0 Å². The summed E-state index contributed by atoms with van der Waals surface area (Å²) in [6.07, 6.45) is 0. The number of hydrogen-bond acceptors (Lipinski definition) is 2. The number of aromatic nitrogens is 1. The topological polar surface area (TPSA) is 26.0 Å². The molecule has 0 aliphatic carbocycles. The Morgan fingerprint density at radius 2 is 1.82 bits per heavy atom. The largest absolute Gasteiger partial charge is 0.355 e. The van der Waals surface area contributed by atoms with Crippen LogP contribution in [0.5, 0.6) is 0 Å². The van der Waals surface area contributed by atoms with Gasteiger partial charge in [-0.1, -0.05) is 20.8 Å². The lowest BCUT2D eigenvalue weighted by Gasteiger charge is -2.12. The van der Waals surface area contributed by atoms with E-state index in [-0.39, 0.29) is 5.76 Å². The van der Waals surface area contributed by atoms with Gasteiger partial charge < -0.3 is 4.52 Å². The molecule has 0 atom stereocenters. The highest BCUT2D eigenvalue weighted by atomic mass is 19.2. The second-order valence-electron chi connectivity index (χ2n) is 3.37. The highest BCUT2D eigenvalue weighted by molar-refractivity contribution is 5.09. The van der Waals surface area contributed by atoms with Crippen LogP contribution < -0.4 is 0 Å². The van der Waals surface area contributed by atoms with Crippen molar-refractivity contribution in [2.24, 2.45) is 0 Å². The smallest absolute Gasteiger partial charge is 0.289 e. The molecule has 11 heavy (non-hydrogen) atoms. The predicted octanol–water partition coefficient (Wildman–Crippen LogP) is 2.25. The minimum absolute atomic E-state index is 0.0463. The molecule has 0 saturated heterocycles. The molecule has 0 radical (unpaired) electrons. The lowest BCUT2D eigenvalue weighted by atomic mass is 9.93. The van der Waals surface area contributed by atoms with E-state index < -0.39 is 17.2 Å². The Kier molecular flexibility index (Phi) is 1.70. The zero-order valence-electron chi connectivity index (χ0n) is 6.61. The Bertz CT molecular complexity index is 262. The number of rotatable bonds is 0. The lowest BCUT2D eigenvalue weighted by Crippen LogP contribution is -2.11. The van der Waals surface area contributed by atoms with E-state index in [4.69, 9.17) is 0 Å². The van der Waals surface area contributed by atoms with E-state index in [0.717, 1.165) is 0 Å². The van der Waals surface area contributed by atoms with Crippen molar-refractivity contribution < 1.29 is 13.3 Å². The molecular weight excluding hydrogens is 152 g/mol. The summed E-state index contributed by atoms with van der Waals surface area (Å²) in [5.41, 5.74) is -0.540. The quantitative estimate of drug-likeness (QED) is 0.583. The van der Waals surface area contributed by atoms with Crippen molar-refractivity contribution in [1.82, 2.24) is 5.16 Å². The van der Waals surface area contributed by atoms with E-state index in [0.29, 0.717) is 0 Å². The first-order chi connectivity index (χ1) is 4.93. The van der Waals surface area contributed by atoms with E-state index in [2.05, 4.69) is 9.68 Å². The molecule has 0 unspecified atom stereocenters. The fourth-order valence-electron chi connectivity index (χ4n) is 0.726. The first kappa shape index (κ1) is 8.17. The van der Waals surface area contributed by atoms with Gasteiger partial charge in [-0.3, -0.25) is 0 Å². The van der Waals surface area contributed by atoms with Gasteiger partial charge in [0.2, 0.25) is 5.82 Å². The van der Waals surface area contributed by atoms with Crippen LogP contribution in [0.25, 0.3) is 0 Å². The summed E-state index contributed by atoms with van der Waals surface area (Å²) < 4.78 is 29.5. The van der Waals surface area contributed by atoms with Crippen LogP contribution in [-0.4, -0.2) is 5.16 Å². The summed E-state index contributed by atoms with van der Waals surface area (Å²) in [7, 11) is 0. The Labute approximate surface area is 63.2 Å². The van der Waals surface area contributed by atoms with Crippen LogP contribution in [0.2, 0.25) is 0 Å². The fraction of sp³-hybridized carbons (Fsp3) is 0.571. The maximum absolute atomic E-state index is 12.7. The van der Waals surface area contributed by atoms with E-state index in [1.54, 1.807) is 20.8 Å². The molecule has 0 bridgehead atoms. The van der Waals surface area contributed by atoms with Crippen LogP contribution in [-0.2, 0) is 5.41 Å². The van der Waals surface area contributed by atoms with Gasteiger partial charge in [0.25, 0.3) is 5.95 Å². The van der Waals surface area contributed by atoms with Crippen molar-refractivity contribution in [3.8, 4) is 0 Å². The number of hydrogen-bond donors (Lipinski definition) is 0. The molecule has 4 heteroatoms. The van der Waals surface area contributed by atoms with Crippen LogP contribution >= 0.6 is 0 Å². The van der Waals surface area contributed by atoms with Crippen LogP contribution in [0.15, 0.2) is 4.52 Å². The molecule has 0 amide bonds. The first-order valence-electron chi connectivity index (χ1n) is 3.24. The zero-order valence-corrected chi connectivity index (χ0v) is 6.61. The van der Waals surface area contributed by atoms with Crippen molar-refractivity contribution in [3.63, 3.8) is 0 Å². The maximum atomic E-state index is 12.7. The van der Waals surface area contributed by atoms with E-state index in [1.165, 1.54) is 0 Å². The first-order valence-corrected chi connectivity index (χ1v) is 3.24. The molecule has 0 fully saturated rings. The highest BCUT2D eigenvalue weighted by Crippen LogP contribution is 2.25. The minimum atomic E-state index is -1.17. The van der Waals surface area contributed by atoms with Gasteiger partial charge in [-0.05, 0) is 5.16 Å². The zero-order chi connectivity index (χ0) is 8.65. The third kappa shape index (κ3) is 1.39. The molecule has 1 heterocycles. The molecule has 1 rings (SSSR count). The third-order valence-corrected chi connectivity index (χ3v) is 1.28. The molecular formula is C7H9F2NO. The van der Waals surface area contributed by atoms with Crippen molar-refractivity contribution >= 4 is 0 Å². The van der Waals surface area contributed by atoms with Gasteiger partial charge in [-0.2, -0.15) is 8.78 Å². The minimum Gasteiger partial charge on any atom is -0.355 e. The molecule has 62 valence electrons. The van der Waals surface area contributed by atoms with E-state index >= 15 is 0 Å². The predicted molar refractivity (Wildman–Crippen MR) is 35.1 cm³/mol. The van der Waals surface area contributed by atoms with Crippen molar-refractivity contribution in [2.75, 3.05) is 0 Å². The Balaban J connectivity index is 3.15. The van der Waals surface area contributed by atoms with Gasteiger partial charge in [0.05, 0.1) is 0 Å². The normalized spacial score (nSPS) is 12.1. The van der Waals surface area contributed by atoms with Gasteiger partial charge >= 0.3 is 0 Å². The Hall–Kier alpha value is -0.930. The fourth-order valence-corrected chi connectivity index (χ4v) is 0.726. The standard InChI is InChI=1S/C7H9F2NO/c1-7(2,3)5-4(8)6(9)10-11-5/h1-3H3. The van der Waals surface area contributed by atoms with Crippen LogP contribution in [0.4, 0.5) is 8.78 Å². The van der Waals surface area contributed by atoms with Gasteiger partial charge in [-0.25, -0.2) is 0 Å². The average Bonchev–Trinajstić information content (AvgIpc) is 2.11. The second-order valence-corrected chi connectivity index (χ2v) is 3.37.